The van der Waals surface area contributed by atoms with Gasteiger partial charge in [-0.25, -0.2) is 0 Å². The summed E-state index contributed by atoms with van der Waals surface area (Å²) in [6, 6.07) is 3.74. The minimum absolute atomic E-state index is 0.0969. The summed E-state index contributed by atoms with van der Waals surface area (Å²) in [7, 11) is 1.34. The zero-order valence-electron chi connectivity index (χ0n) is 11.8. The monoisotopic (exact) mass is 300 g/mol. The number of ether oxygens (including phenoxy) is 1. The summed E-state index contributed by atoms with van der Waals surface area (Å²) in [4.78, 5) is 25.3. The Balaban J connectivity index is 2.43. The van der Waals surface area contributed by atoms with Gasteiger partial charge in [-0.1, -0.05) is 0 Å². The van der Waals surface area contributed by atoms with Crippen molar-refractivity contribution in [2.45, 2.75) is 6.92 Å². The Morgan fingerprint density at radius 3 is 2.23 bits per heavy atom. The summed E-state index contributed by atoms with van der Waals surface area (Å²) < 4.78 is 5.08. The van der Waals surface area contributed by atoms with Crippen LogP contribution in [0.25, 0.3) is 0 Å². The lowest BCUT2D eigenvalue weighted by Gasteiger charge is -2.22. The second-order valence-corrected chi connectivity index (χ2v) is 4.99. The molecule has 3 rings (SSSR count). The molecule has 22 heavy (non-hydrogen) atoms. The number of aromatic hydroxyl groups is 3. The van der Waals surface area contributed by atoms with Crippen molar-refractivity contribution in [3.8, 4) is 23.0 Å². The van der Waals surface area contributed by atoms with Gasteiger partial charge in [0.15, 0.2) is 5.78 Å². The van der Waals surface area contributed by atoms with Crippen LogP contribution < -0.4 is 4.74 Å². The van der Waals surface area contributed by atoms with Crippen molar-refractivity contribution >= 4 is 11.6 Å². The summed E-state index contributed by atoms with van der Waals surface area (Å²) in [5.41, 5.74) is -0.541. The molecule has 0 fully saturated rings. The first-order valence-electron chi connectivity index (χ1n) is 6.43. The number of phenolic OH excluding ortho intramolecular Hbond substituents is 3. The van der Waals surface area contributed by atoms with Gasteiger partial charge < -0.3 is 20.1 Å². The molecule has 1 aliphatic carbocycles. The van der Waals surface area contributed by atoms with Crippen molar-refractivity contribution in [2.24, 2.45) is 0 Å². The van der Waals surface area contributed by atoms with Gasteiger partial charge in [0.05, 0.1) is 23.8 Å². The molecule has 0 atom stereocenters. The van der Waals surface area contributed by atoms with E-state index in [1.165, 1.54) is 26.2 Å². The van der Waals surface area contributed by atoms with Crippen molar-refractivity contribution in [1.82, 2.24) is 0 Å². The number of hydrogen-bond acceptors (Lipinski definition) is 6. The number of ketones is 2. The number of carbonyl (C=O) groups excluding carboxylic acids is 2. The Morgan fingerprint density at radius 1 is 0.909 bits per heavy atom. The van der Waals surface area contributed by atoms with E-state index in [4.69, 9.17) is 4.74 Å². The molecule has 0 spiro atoms. The van der Waals surface area contributed by atoms with Gasteiger partial charge in [0.1, 0.15) is 23.0 Å². The standard InChI is InChI=1S/C16H12O6/c1-6-9(18)5-7-11(14(6)19)16(21)13-10(22-2)4-3-8(17)12(13)15(7)20/h3-5,17-19H,1-2H3. The largest absolute Gasteiger partial charge is 0.508 e. The lowest BCUT2D eigenvalue weighted by molar-refractivity contribution is 0.0971. The molecule has 2 aromatic rings. The van der Waals surface area contributed by atoms with Gasteiger partial charge in [0, 0.05) is 11.1 Å². The third-order valence-corrected chi connectivity index (χ3v) is 3.82. The molecule has 0 heterocycles. The average molecular weight is 300 g/mol. The third kappa shape index (κ3) is 1.60. The van der Waals surface area contributed by atoms with Gasteiger partial charge in [-0.15, -0.1) is 0 Å². The lowest BCUT2D eigenvalue weighted by atomic mass is 9.81. The third-order valence-electron chi connectivity index (χ3n) is 3.82. The highest BCUT2D eigenvalue weighted by molar-refractivity contribution is 6.31. The van der Waals surface area contributed by atoms with Crippen molar-refractivity contribution in [3.63, 3.8) is 0 Å². The molecule has 112 valence electrons. The Labute approximate surface area is 125 Å². The fourth-order valence-corrected chi connectivity index (χ4v) is 2.62. The maximum absolute atomic E-state index is 12.7. The van der Waals surface area contributed by atoms with E-state index in [1.54, 1.807) is 0 Å². The van der Waals surface area contributed by atoms with Gasteiger partial charge in [0.2, 0.25) is 5.78 Å². The minimum atomic E-state index is -0.661. The van der Waals surface area contributed by atoms with E-state index in [1.807, 2.05) is 0 Å². The van der Waals surface area contributed by atoms with Gasteiger partial charge in [-0.3, -0.25) is 9.59 Å². The van der Waals surface area contributed by atoms with E-state index in [0.717, 1.165) is 6.07 Å². The fourth-order valence-electron chi connectivity index (χ4n) is 2.62. The second-order valence-electron chi connectivity index (χ2n) is 4.99. The van der Waals surface area contributed by atoms with Crippen LogP contribution >= 0.6 is 0 Å². The number of fused-ring (bicyclic) bond motifs is 2. The van der Waals surface area contributed by atoms with E-state index in [2.05, 4.69) is 0 Å². The van der Waals surface area contributed by atoms with Gasteiger partial charge >= 0.3 is 0 Å². The van der Waals surface area contributed by atoms with Crippen LogP contribution in [0.15, 0.2) is 18.2 Å². The molecule has 1 aliphatic rings. The Kier molecular flexibility index (Phi) is 2.84. The number of carbonyl (C=O) groups is 2. The molecule has 0 radical (unpaired) electrons. The van der Waals surface area contributed by atoms with Crippen LogP contribution in [0.1, 0.15) is 37.4 Å². The Morgan fingerprint density at radius 2 is 1.59 bits per heavy atom. The van der Waals surface area contributed by atoms with Gasteiger partial charge in [-0.05, 0) is 25.1 Å². The molecule has 6 heteroatoms. The van der Waals surface area contributed by atoms with Gasteiger partial charge in [-0.2, -0.15) is 0 Å². The molecule has 0 unspecified atom stereocenters. The van der Waals surface area contributed by atoms with Crippen molar-refractivity contribution in [3.05, 3.63) is 46.0 Å². The number of methoxy groups -OCH3 is 1. The predicted molar refractivity (Wildman–Crippen MR) is 76.0 cm³/mol. The first-order valence-corrected chi connectivity index (χ1v) is 6.43. The molecule has 0 aromatic heterocycles. The highest BCUT2D eigenvalue weighted by atomic mass is 16.5. The summed E-state index contributed by atoms with van der Waals surface area (Å²) in [6.07, 6.45) is 0. The molecule has 0 bridgehead atoms. The summed E-state index contributed by atoms with van der Waals surface area (Å²) >= 11 is 0. The van der Waals surface area contributed by atoms with Gasteiger partial charge in [0.25, 0.3) is 0 Å². The summed E-state index contributed by atoms with van der Waals surface area (Å²) in [5.74, 6) is -2.29. The number of phenols is 3. The van der Waals surface area contributed by atoms with Crippen LogP contribution in [0.4, 0.5) is 0 Å². The SMILES string of the molecule is COc1ccc(O)c2c1C(=O)c1c(cc(O)c(C)c1O)C2=O. The topological polar surface area (TPSA) is 104 Å². The van der Waals surface area contributed by atoms with Crippen molar-refractivity contribution in [1.29, 1.82) is 0 Å². The first-order chi connectivity index (χ1) is 10.4. The van der Waals surface area contributed by atoms with Crippen LogP contribution in [-0.4, -0.2) is 34.0 Å². The van der Waals surface area contributed by atoms with Crippen molar-refractivity contribution in [2.75, 3.05) is 7.11 Å². The molecule has 6 nitrogen and oxygen atoms in total. The highest BCUT2D eigenvalue weighted by Gasteiger charge is 2.37. The maximum Gasteiger partial charge on any atom is 0.202 e. The number of hydrogen-bond donors (Lipinski definition) is 3. The molecular weight excluding hydrogens is 288 g/mol. The molecule has 0 aliphatic heterocycles. The summed E-state index contributed by atoms with van der Waals surface area (Å²) in [5, 5.41) is 29.8. The predicted octanol–water partition coefficient (Wildman–Crippen LogP) is 1.90. The summed E-state index contributed by atoms with van der Waals surface area (Å²) in [6.45, 7) is 1.43. The zero-order valence-corrected chi connectivity index (χ0v) is 11.8. The normalized spacial score (nSPS) is 12.8. The fraction of sp³-hybridized carbons (Fsp3) is 0.125. The number of rotatable bonds is 1. The smallest absolute Gasteiger partial charge is 0.202 e. The van der Waals surface area contributed by atoms with Crippen LogP contribution in [0.2, 0.25) is 0 Å². The molecular formula is C16H12O6. The molecule has 0 saturated heterocycles. The molecule has 2 aromatic carbocycles. The van der Waals surface area contributed by atoms with E-state index in [0.29, 0.717) is 0 Å². The first kappa shape index (κ1) is 13.9. The van der Waals surface area contributed by atoms with Crippen LogP contribution in [0.5, 0.6) is 23.0 Å². The van der Waals surface area contributed by atoms with E-state index in [-0.39, 0.29) is 45.1 Å². The van der Waals surface area contributed by atoms with Crippen LogP contribution in [-0.2, 0) is 0 Å². The number of benzene rings is 2. The van der Waals surface area contributed by atoms with Crippen molar-refractivity contribution < 1.29 is 29.6 Å². The second kappa shape index (κ2) is 4.49. The van der Waals surface area contributed by atoms with Crippen LogP contribution in [0.3, 0.4) is 0 Å². The van der Waals surface area contributed by atoms with Crippen LogP contribution in [0, 0.1) is 6.92 Å². The Hall–Kier alpha value is -3.02. The Bertz CT molecular complexity index is 850. The van der Waals surface area contributed by atoms with E-state index >= 15 is 0 Å². The van der Waals surface area contributed by atoms with E-state index in [9.17, 15) is 24.9 Å². The molecule has 0 amide bonds. The molecule has 3 N–H and O–H groups in total. The average Bonchev–Trinajstić information content (AvgIpc) is 2.49. The lowest BCUT2D eigenvalue weighted by Crippen LogP contribution is -2.22. The molecule has 0 saturated carbocycles. The quantitative estimate of drug-likeness (QED) is 0.634. The highest BCUT2D eigenvalue weighted by Crippen LogP contribution is 2.43. The maximum atomic E-state index is 12.7. The minimum Gasteiger partial charge on any atom is -0.508 e. The van der Waals surface area contributed by atoms with E-state index < -0.39 is 17.3 Å². The zero-order chi connectivity index (χ0) is 16.2.